The number of anilines is 2. The first-order valence-corrected chi connectivity index (χ1v) is 8.37. The summed E-state index contributed by atoms with van der Waals surface area (Å²) in [5, 5.41) is 4.83. The summed E-state index contributed by atoms with van der Waals surface area (Å²) in [4.78, 5) is 4.86. The molecular weight excluding hydrogens is 276 g/mol. The molecular formula is C18H16N2S. The SMILES string of the molecule is c1ccc(Nc2c3c(nc4ccccc24)CCSC3)cc1. The van der Waals surface area contributed by atoms with Gasteiger partial charge in [0.2, 0.25) is 0 Å². The van der Waals surface area contributed by atoms with E-state index in [4.69, 9.17) is 4.98 Å². The molecule has 2 aromatic carbocycles. The Kier molecular flexibility index (Phi) is 3.28. The molecule has 0 radical (unpaired) electrons. The largest absolute Gasteiger partial charge is 0.355 e. The molecule has 0 fully saturated rings. The zero-order chi connectivity index (χ0) is 14.1. The minimum absolute atomic E-state index is 1.04. The average Bonchev–Trinajstić information content (AvgIpc) is 2.55. The van der Waals surface area contributed by atoms with Crippen molar-refractivity contribution in [2.75, 3.05) is 11.1 Å². The first kappa shape index (κ1) is 12.7. The van der Waals surface area contributed by atoms with Crippen LogP contribution in [0.4, 0.5) is 11.4 Å². The highest BCUT2D eigenvalue weighted by Crippen LogP contribution is 2.36. The molecule has 21 heavy (non-hydrogen) atoms. The molecule has 0 atom stereocenters. The zero-order valence-corrected chi connectivity index (χ0v) is 12.5. The van der Waals surface area contributed by atoms with Crippen LogP contribution in [0.3, 0.4) is 0 Å². The second-order valence-electron chi connectivity index (χ2n) is 5.22. The highest BCUT2D eigenvalue weighted by molar-refractivity contribution is 7.98. The Bertz CT molecular complexity index is 784. The van der Waals surface area contributed by atoms with E-state index in [2.05, 4.69) is 53.8 Å². The molecule has 0 saturated carbocycles. The van der Waals surface area contributed by atoms with Gasteiger partial charge in [0, 0.05) is 28.1 Å². The predicted molar refractivity (Wildman–Crippen MR) is 91.3 cm³/mol. The van der Waals surface area contributed by atoms with E-state index in [0.717, 1.165) is 23.4 Å². The van der Waals surface area contributed by atoms with Crippen molar-refractivity contribution in [3.8, 4) is 0 Å². The standard InChI is InChI=1S/C18H16N2S/c1-2-6-13(7-3-1)19-18-14-8-4-5-9-16(14)20-17-10-11-21-12-15(17)18/h1-9H,10-12H2,(H,19,20). The first-order chi connectivity index (χ1) is 10.4. The van der Waals surface area contributed by atoms with Gasteiger partial charge in [-0.2, -0.15) is 11.8 Å². The van der Waals surface area contributed by atoms with Crippen molar-refractivity contribution in [2.24, 2.45) is 0 Å². The molecule has 1 aromatic heterocycles. The van der Waals surface area contributed by atoms with Gasteiger partial charge in [-0.1, -0.05) is 36.4 Å². The Labute approximate surface area is 128 Å². The van der Waals surface area contributed by atoms with E-state index in [1.54, 1.807) is 0 Å². The van der Waals surface area contributed by atoms with Crippen LogP contribution in [-0.2, 0) is 12.2 Å². The van der Waals surface area contributed by atoms with Gasteiger partial charge in [0.1, 0.15) is 0 Å². The number of fused-ring (bicyclic) bond motifs is 2. The first-order valence-electron chi connectivity index (χ1n) is 7.22. The van der Waals surface area contributed by atoms with Gasteiger partial charge < -0.3 is 5.32 Å². The second-order valence-corrected chi connectivity index (χ2v) is 6.33. The van der Waals surface area contributed by atoms with Crippen LogP contribution in [0.1, 0.15) is 11.3 Å². The number of hydrogen-bond donors (Lipinski definition) is 1. The van der Waals surface area contributed by atoms with Crippen molar-refractivity contribution in [1.29, 1.82) is 0 Å². The number of para-hydroxylation sites is 2. The molecule has 2 nitrogen and oxygen atoms in total. The van der Waals surface area contributed by atoms with E-state index in [1.807, 2.05) is 17.8 Å². The number of nitrogens with one attached hydrogen (secondary N) is 1. The Hall–Kier alpha value is -2.00. The van der Waals surface area contributed by atoms with Crippen LogP contribution in [0.25, 0.3) is 10.9 Å². The molecule has 4 rings (SSSR count). The lowest BCUT2D eigenvalue weighted by Gasteiger charge is -2.21. The molecule has 0 bridgehead atoms. The van der Waals surface area contributed by atoms with Gasteiger partial charge in [0.05, 0.1) is 11.2 Å². The third-order valence-electron chi connectivity index (χ3n) is 3.85. The topological polar surface area (TPSA) is 24.9 Å². The Morgan fingerprint density at radius 1 is 0.952 bits per heavy atom. The fourth-order valence-electron chi connectivity index (χ4n) is 2.82. The van der Waals surface area contributed by atoms with E-state index in [-0.39, 0.29) is 0 Å². The fraction of sp³-hybridized carbons (Fsp3) is 0.167. The summed E-state index contributed by atoms with van der Waals surface area (Å²) in [6, 6.07) is 18.8. The highest BCUT2D eigenvalue weighted by atomic mass is 32.2. The van der Waals surface area contributed by atoms with E-state index in [9.17, 15) is 0 Å². The predicted octanol–water partition coefficient (Wildman–Crippen LogP) is 4.77. The summed E-state index contributed by atoms with van der Waals surface area (Å²) in [6.45, 7) is 0. The molecule has 0 amide bonds. The quantitative estimate of drug-likeness (QED) is 0.736. The Morgan fingerprint density at radius 2 is 1.76 bits per heavy atom. The highest BCUT2D eigenvalue weighted by Gasteiger charge is 2.18. The summed E-state index contributed by atoms with van der Waals surface area (Å²) in [7, 11) is 0. The Morgan fingerprint density at radius 3 is 2.67 bits per heavy atom. The van der Waals surface area contributed by atoms with Gasteiger partial charge >= 0.3 is 0 Å². The van der Waals surface area contributed by atoms with E-state index in [1.165, 1.54) is 28.1 Å². The van der Waals surface area contributed by atoms with Crippen molar-refractivity contribution in [3.05, 3.63) is 65.9 Å². The van der Waals surface area contributed by atoms with Crippen LogP contribution in [0, 0.1) is 0 Å². The van der Waals surface area contributed by atoms with Crippen LogP contribution in [-0.4, -0.2) is 10.7 Å². The normalized spacial score (nSPS) is 13.9. The van der Waals surface area contributed by atoms with Crippen LogP contribution in [0.2, 0.25) is 0 Å². The van der Waals surface area contributed by atoms with Crippen LogP contribution >= 0.6 is 11.8 Å². The molecule has 3 heteroatoms. The monoisotopic (exact) mass is 292 g/mol. The minimum Gasteiger partial charge on any atom is -0.355 e. The number of aromatic nitrogens is 1. The van der Waals surface area contributed by atoms with Gasteiger partial charge in [-0.05, 0) is 30.4 Å². The fourth-order valence-corrected chi connectivity index (χ4v) is 3.81. The summed E-state index contributed by atoms with van der Waals surface area (Å²) in [5.74, 6) is 2.21. The molecule has 0 aliphatic carbocycles. The molecule has 2 heterocycles. The molecule has 3 aromatic rings. The lowest BCUT2D eigenvalue weighted by Crippen LogP contribution is -2.09. The number of aryl methyl sites for hydroxylation is 1. The third-order valence-corrected chi connectivity index (χ3v) is 4.84. The average molecular weight is 292 g/mol. The molecule has 104 valence electrons. The maximum absolute atomic E-state index is 4.86. The molecule has 0 spiro atoms. The maximum atomic E-state index is 4.86. The number of hydrogen-bond acceptors (Lipinski definition) is 3. The molecule has 1 aliphatic heterocycles. The van der Waals surface area contributed by atoms with Gasteiger partial charge in [0.25, 0.3) is 0 Å². The van der Waals surface area contributed by atoms with Gasteiger partial charge in [-0.3, -0.25) is 4.98 Å². The summed E-state index contributed by atoms with van der Waals surface area (Å²) < 4.78 is 0. The number of pyridine rings is 1. The Balaban J connectivity index is 1.92. The van der Waals surface area contributed by atoms with Crippen LogP contribution < -0.4 is 5.32 Å². The van der Waals surface area contributed by atoms with E-state index >= 15 is 0 Å². The molecule has 1 aliphatic rings. The van der Waals surface area contributed by atoms with Gasteiger partial charge in [-0.15, -0.1) is 0 Å². The second kappa shape index (κ2) is 5.41. The lowest BCUT2D eigenvalue weighted by atomic mass is 10.0. The van der Waals surface area contributed by atoms with E-state index in [0.29, 0.717) is 0 Å². The molecule has 1 N–H and O–H groups in total. The zero-order valence-electron chi connectivity index (χ0n) is 11.7. The number of nitrogens with zero attached hydrogens (tertiary/aromatic N) is 1. The van der Waals surface area contributed by atoms with Gasteiger partial charge in [-0.25, -0.2) is 0 Å². The van der Waals surface area contributed by atoms with Crippen molar-refractivity contribution in [3.63, 3.8) is 0 Å². The van der Waals surface area contributed by atoms with E-state index < -0.39 is 0 Å². The minimum atomic E-state index is 1.04. The number of rotatable bonds is 2. The summed E-state index contributed by atoms with van der Waals surface area (Å²) in [6.07, 6.45) is 1.06. The van der Waals surface area contributed by atoms with Crippen LogP contribution in [0.5, 0.6) is 0 Å². The third kappa shape index (κ3) is 2.38. The van der Waals surface area contributed by atoms with Crippen molar-refractivity contribution in [1.82, 2.24) is 4.98 Å². The van der Waals surface area contributed by atoms with Crippen molar-refractivity contribution < 1.29 is 0 Å². The van der Waals surface area contributed by atoms with Crippen LogP contribution in [0.15, 0.2) is 54.6 Å². The number of benzene rings is 2. The molecule has 0 saturated heterocycles. The lowest BCUT2D eigenvalue weighted by molar-refractivity contribution is 1.01. The van der Waals surface area contributed by atoms with Gasteiger partial charge in [0.15, 0.2) is 0 Å². The van der Waals surface area contributed by atoms with Crippen molar-refractivity contribution in [2.45, 2.75) is 12.2 Å². The summed E-state index contributed by atoms with van der Waals surface area (Å²) >= 11 is 1.99. The maximum Gasteiger partial charge on any atom is 0.0726 e. The number of thioether (sulfide) groups is 1. The molecule has 0 unspecified atom stereocenters. The van der Waals surface area contributed by atoms with Crippen molar-refractivity contribution >= 4 is 34.0 Å². The summed E-state index contributed by atoms with van der Waals surface area (Å²) in [5.41, 5.74) is 6.07. The smallest absolute Gasteiger partial charge is 0.0726 e.